The summed E-state index contributed by atoms with van der Waals surface area (Å²) in [6.45, 7) is 6.80. The molecular formula is C19H23N3O3. The minimum absolute atomic E-state index is 0.211. The Balaban J connectivity index is 2.18. The van der Waals surface area contributed by atoms with E-state index in [4.69, 9.17) is 10.5 Å². The third-order valence-electron chi connectivity index (χ3n) is 3.97. The largest absolute Gasteiger partial charge is 0.461 e. The molecular weight excluding hydrogens is 318 g/mol. The van der Waals surface area contributed by atoms with Crippen molar-refractivity contribution in [3.05, 3.63) is 59.4 Å². The molecule has 2 N–H and O–H groups in total. The van der Waals surface area contributed by atoms with Crippen molar-refractivity contribution >= 4 is 17.4 Å². The maximum Gasteiger partial charge on any atom is 0.338 e. The number of rotatable bonds is 8. The molecule has 1 heterocycles. The van der Waals surface area contributed by atoms with Gasteiger partial charge >= 0.3 is 5.97 Å². The van der Waals surface area contributed by atoms with Crippen LogP contribution in [0.3, 0.4) is 0 Å². The zero-order chi connectivity index (χ0) is 18.2. The van der Waals surface area contributed by atoms with E-state index in [1.807, 2.05) is 0 Å². The van der Waals surface area contributed by atoms with E-state index in [1.165, 1.54) is 18.3 Å². The van der Waals surface area contributed by atoms with Crippen LogP contribution >= 0.6 is 0 Å². The molecule has 6 heteroatoms. The molecule has 0 saturated heterocycles. The van der Waals surface area contributed by atoms with Crippen LogP contribution < -0.4 is 5.73 Å². The first-order valence-electron chi connectivity index (χ1n) is 8.30. The van der Waals surface area contributed by atoms with Gasteiger partial charge in [0.15, 0.2) is 5.78 Å². The molecule has 132 valence electrons. The Labute approximate surface area is 147 Å². The van der Waals surface area contributed by atoms with Gasteiger partial charge in [-0.2, -0.15) is 0 Å². The molecule has 0 saturated carbocycles. The highest BCUT2D eigenvalue weighted by molar-refractivity contribution is 6.14. The van der Waals surface area contributed by atoms with E-state index in [0.29, 0.717) is 17.8 Å². The Morgan fingerprint density at radius 1 is 1.16 bits per heavy atom. The molecule has 0 spiro atoms. The topological polar surface area (TPSA) is 85.5 Å². The van der Waals surface area contributed by atoms with Gasteiger partial charge in [-0.1, -0.05) is 13.8 Å². The number of anilines is 1. The number of aromatic nitrogens is 1. The lowest BCUT2D eigenvalue weighted by atomic mass is 9.98. The third-order valence-corrected chi connectivity index (χ3v) is 3.97. The van der Waals surface area contributed by atoms with Crippen molar-refractivity contribution in [3.8, 4) is 0 Å². The van der Waals surface area contributed by atoms with Crippen molar-refractivity contribution in [2.75, 3.05) is 32.0 Å². The highest BCUT2D eigenvalue weighted by atomic mass is 16.5. The number of pyridine rings is 1. The molecule has 25 heavy (non-hydrogen) atoms. The maximum absolute atomic E-state index is 12.7. The number of hydrogen-bond donors (Lipinski definition) is 1. The summed E-state index contributed by atoms with van der Waals surface area (Å²) in [7, 11) is 0. The summed E-state index contributed by atoms with van der Waals surface area (Å²) in [6.07, 6.45) is 3.04. The quantitative estimate of drug-likeness (QED) is 0.451. The smallest absolute Gasteiger partial charge is 0.338 e. The van der Waals surface area contributed by atoms with Crippen molar-refractivity contribution in [1.29, 1.82) is 0 Å². The van der Waals surface area contributed by atoms with Crippen molar-refractivity contribution < 1.29 is 14.3 Å². The van der Waals surface area contributed by atoms with Gasteiger partial charge in [0.05, 0.1) is 5.56 Å². The van der Waals surface area contributed by atoms with Gasteiger partial charge < -0.3 is 15.4 Å². The van der Waals surface area contributed by atoms with E-state index >= 15 is 0 Å². The van der Waals surface area contributed by atoms with Gasteiger partial charge in [0.1, 0.15) is 6.61 Å². The van der Waals surface area contributed by atoms with E-state index in [1.54, 1.807) is 24.4 Å². The van der Waals surface area contributed by atoms with Gasteiger partial charge in [-0.25, -0.2) is 4.79 Å². The summed E-state index contributed by atoms with van der Waals surface area (Å²) < 4.78 is 5.34. The summed E-state index contributed by atoms with van der Waals surface area (Å²) in [5, 5.41) is 0. The number of hydrogen-bond acceptors (Lipinski definition) is 6. The van der Waals surface area contributed by atoms with Gasteiger partial charge in [-0.3, -0.25) is 9.78 Å². The van der Waals surface area contributed by atoms with Crippen LogP contribution in [0.1, 0.15) is 40.1 Å². The normalized spacial score (nSPS) is 10.7. The highest BCUT2D eigenvalue weighted by Crippen LogP contribution is 2.19. The third kappa shape index (κ3) is 4.87. The monoisotopic (exact) mass is 341 g/mol. The van der Waals surface area contributed by atoms with Crippen molar-refractivity contribution in [2.45, 2.75) is 13.8 Å². The number of ketones is 1. The van der Waals surface area contributed by atoms with Crippen LogP contribution in [0.15, 0.2) is 42.7 Å². The Hall–Kier alpha value is -2.73. The standard InChI is InChI=1S/C19H23N3O3/c1-3-22(4-2)10-11-25-19(24)16-8-7-15(20)12-17(16)18(23)14-6-5-9-21-13-14/h5-9,12-13H,3-4,10-11,20H2,1-2H3. The molecule has 0 radical (unpaired) electrons. The van der Waals surface area contributed by atoms with Crippen LogP contribution in [-0.2, 0) is 4.74 Å². The SMILES string of the molecule is CCN(CC)CCOC(=O)c1ccc(N)cc1C(=O)c1cccnc1. The second-order valence-electron chi connectivity index (χ2n) is 5.54. The second kappa shape index (κ2) is 8.94. The molecule has 0 amide bonds. The average Bonchev–Trinajstić information content (AvgIpc) is 2.65. The van der Waals surface area contributed by atoms with Crippen LogP contribution in [0, 0.1) is 0 Å². The first kappa shape index (κ1) is 18.6. The first-order valence-corrected chi connectivity index (χ1v) is 8.30. The van der Waals surface area contributed by atoms with E-state index < -0.39 is 5.97 Å². The van der Waals surface area contributed by atoms with Gasteiger partial charge in [0.25, 0.3) is 0 Å². The number of likely N-dealkylation sites (N-methyl/N-ethyl adjacent to an activating group) is 1. The number of carbonyl (C=O) groups excluding carboxylic acids is 2. The number of nitrogens with two attached hydrogens (primary N) is 1. The number of nitrogen functional groups attached to an aromatic ring is 1. The zero-order valence-electron chi connectivity index (χ0n) is 14.6. The minimum Gasteiger partial charge on any atom is -0.461 e. The predicted octanol–water partition coefficient (Wildman–Crippen LogP) is 2.39. The Morgan fingerprint density at radius 3 is 2.56 bits per heavy atom. The predicted molar refractivity (Wildman–Crippen MR) is 96.6 cm³/mol. The molecule has 0 unspecified atom stereocenters. The molecule has 0 bridgehead atoms. The molecule has 0 aliphatic carbocycles. The Morgan fingerprint density at radius 2 is 1.92 bits per heavy atom. The van der Waals surface area contributed by atoms with Gasteiger partial charge in [-0.05, 0) is 43.4 Å². The van der Waals surface area contributed by atoms with Crippen LogP contribution in [-0.4, -0.2) is 47.9 Å². The molecule has 2 rings (SSSR count). The maximum atomic E-state index is 12.7. The molecule has 0 aliphatic rings. The summed E-state index contributed by atoms with van der Waals surface area (Å²) in [6, 6.07) is 7.92. The number of nitrogens with zero attached hydrogens (tertiary/aromatic N) is 2. The number of esters is 1. The number of benzene rings is 1. The van der Waals surface area contributed by atoms with Gasteiger partial charge in [-0.15, -0.1) is 0 Å². The summed E-state index contributed by atoms with van der Waals surface area (Å²) in [5.74, 6) is -0.838. The van der Waals surface area contributed by atoms with E-state index in [-0.39, 0.29) is 23.5 Å². The van der Waals surface area contributed by atoms with Crippen molar-refractivity contribution in [1.82, 2.24) is 9.88 Å². The Kier molecular flexibility index (Phi) is 6.65. The lowest BCUT2D eigenvalue weighted by molar-refractivity contribution is 0.0464. The van der Waals surface area contributed by atoms with E-state index in [2.05, 4.69) is 23.7 Å². The fourth-order valence-corrected chi connectivity index (χ4v) is 2.47. The lowest BCUT2D eigenvalue weighted by Crippen LogP contribution is -2.28. The highest BCUT2D eigenvalue weighted by Gasteiger charge is 2.20. The zero-order valence-corrected chi connectivity index (χ0v) is 14.6. The van der Waals surface area contributed by atoms with Crippen LogP contribution in [0.5, 0.6) is 0 Å². The van der Waals surface area contributed by atoms with Gasteiger partial charge in [0.2, 0.25) is 0 Å². The number of carbonyl (C=O) groups is 2. The van der Waals surface area contributed by atoms with Crippen molar-refractivity contribution in [3.63, 3.8) is 0 Å². The molecule has 0 fully saturated rings. The molecule has 0 atom stereocenters. The summed E-state index contributed by atoms with van der Waals surface area (Å²) >= 11 is 0. The van der Waals surface area contributed by atoms with Crippen LogP contribution in [0.2, 0.25) is 0 Å². The summed E-state index contributed by atoms with van der Waals surface area (Å²) in [4.78, 5) is 31.2. The fourth-order valence-electron chi connectivity index (χ4n) is 2.47. The van der Waals surface area contributed by atoms with E-state index in [0.717, 1.165) is 13.1 Å². The summed E-state index contributed by atoms with van der Waals surface area (Å²) in [5.41, 5.74) is 7.03. The number of ether oxygens (including phenoxy) is 1. The molecule has 1 aromatic heterocycles. The first-order chi connectivity index (χ1) is 12.1. The average molecular weight is 341 g/mol. The molecule has 0 aliphatic heterocycles. The molecule has 1 aromatic carbocycles. The van der Waals surface area contributed by atoms with E-state index in [9.17, 15) is 9.59 Å². The Bertz CT molecular complexity index is 728. The molecule has 6 nitrogen and oxygen atoms in total. The van der Waals surface area contributed by atoms with Crippen LogP contribution in [0.4, 0.5) is 5.69 Å². The second-order valence-corrected chi connectivity index (χ2v) is 5.54. The lowest BCUT2D eigenvalue weighted by Gasteiger charge is -2.17. The van der Waals surface area contributed by atoms with Crippen LogP contribution in [0.25, 0.3) is 0 Å². The molecule has 2 aromatic rings. The van der Waals surface area contributed by atoms with Crippen molar-refractivity contribution in [2.24, 2.45) is 0 Å². The van der Waals surface area contributed by atoms with Gasteiger partial charge in [0, 0.05) is 35.8 Å². The minimum atomic E-state index is -0.528. The fraction of sp³-hybridized carbons (Fsp3) is 0.316.